The summed E-state index contributed by atoms with van der Waals surface area (Å²) < 4.78 is 1.58. The molecule has 0 amide bonds. The van der Waals surface area contributed by atoms with Gasteiger partial charge in [0.25, 0.3) is 5.56 Å². The van der Waals surface area contributed by atoms with E-state index in [1.54, 1.807) is 11.6 Å². The summed E-state index contributed by atoms with van der Waals surface area (Å²) in [5.74, 6) is 1.20. The molecule has 0 saturated carbocycles. The highest BCUT2D eigenvalue weighted by Crippen LogP contribution is 2.18. The van der Waals surface area contributed by atoms with E-state index in [1.807, 2.05) is 25.1 Å². The summed E-state index contributed by atoms with van der Waals surface area (Å²) in [6.07, 6.45) is 0. The summed E-state index contributed by atoms with van der Waals surface area (Å²) in [6, 6.07) is 5.89. The first-order chi connectivity index (χ1) is 7.50. The van der Waals surface area contributed by atoms with Crippen LogP contribution in [0.1, 0.15) is 31.2 Å². The minimum Gasteiger partial charge on any atom is -0.299 e. The zero-order valence-corrected chi connectivity index (χ0v) is 10.1. The van der Waals surface area contributed by atoms with Crippen molar-refractivity contribution in [2.24, 2.45) is 7.05 Å². The van der Waals surface area contributed by atoms with Gasteiger partial charge in [-0.1, -0.05) is 19.9 Å². The van der Waals surface area contributed by atoms with Gasteiger partial charge in [0, 0.05) is 7.05 Å². The number of benzene rings is 1. The van der Waals surface area contributed by atoms with Crippen LogP contribution in [0.3, 0.4) is 0 Å². The monoisotopic (exact) mass is 216 g/mol. The van der Waals surface area contributed by atoms with Gasteiger partial charge in [-0.15, -0.1) is 0 Å². The predicted molar refractivity (Wildman–Crippen MR) is 65.8 cm³/mol. The third kappa shape index (κ3) is 1.62. The Bertz CT molecular complexity index is 597. The lowest BCUT2D eigenvalue weighted by Crippen LogP contribution is -2.20. The van der Waals surface area contributed by atoms with E-state index in [0.29, 0.717) is 11.3 Å². The molecular formula is C13H16N2O. The molecule has 0 aliphatic heterocycles. The van der Waals surface area contributed by atoms with Crippen molar-refractivity contribution in [2.75, 3.05) is 0 Å². The van der Waals surface area contributed by atoms with Gasteiger partial charge in [-0.2, -0.15) is 0 Å². The van der Waals surface area contributed by atoms with Gasteiger partial charge in [0.05, 0.1) is 10.9 Å². The highest BCUT2D eigenvalue weighted by Gasteiger charge is 2.07. The van der Waals surface area contributed by atoms with E-state index < -0.39 is 0 Å². The molecule has 0 bridgehead atoms. The third-order valence-corrected chi connectivity index (χ3v) is 2.99. The fourth-order valence-corrected chi connectivity index (χ4v) is 1.76. The Morgan fingerprint density at radius 1 is 1.31 bits per heavy atom. The van der Waals surface area contributed by atoms with Crippen LogP contribution in [0.5, 0.6) is 0 Å². The second-order valence-electron chi connectivity index (χ2n) is 4.45. The molecule has 84 valence electrons. The molecule has 0 aliphatic rings. The molecule has 0 spiro atoms. The van der Waals surface area contributed by atoms with Crippen LogP contribution in [0.4, 0.5) is 0 Å². The fraction of sp³-hybridized carbons (Fsp3) is 0.385. The summed E-state index contributed by atoms with van der Waals surface area (Å²) in [7, 11) is 1.75. The topological polar surface area (TPSA) is 34.9 Å². The summed E-state index contributed by atoms with van der Waals surface area (Å²) >= 11 is 0. The quantitative estimate of drug-likeness (QED) is 0.733. The van der Waals surface area contributed by atoms with Crippen molar-refractivity contribution in [1.29, 1.82) is 0 Å². The molecule has 0 fully saturated rings. The number of rotatable bonds is 1. The van der Waals surface area contributed by atoms with Crippen molar-refractivity contribution in [2.45, 2.75) is 26.7 Å². The molecule has 2 aromatic rings. The van der Waals surface area contributed by atoms with Gasteiger partial charge in [0.15, 0.2) is 0 Å². The van der Waals surface area contributed by atoms with E-state index in [2.05, 4.69) is 18.8 Å². The zero-order chi connectivity index (χ0) is 11.9. The molecule has 0 aliphatic carbocycles. The van der Waals surface area contributed by atoms with E-state index >= 15 is 0 Å². The van der Waals surface area contributed by atoms with Crippen LogP contribution in [0.25, 0.3) is 10.9 Å². The highest BCUT2D eigenvalue weighted by molar-refractivity contribution is 5.78. The SMILES string of the molecule is Cc1nc2cc(C(C)C)ccc2c(=O)n1C. The van der Waals surface area contributed by atoms with Gasteiger partial charge in [-0.25, -0.2) is 4.98 Å². The standard InChI is InChI=1S/C13H16N2O/c1-8(2)10-5-6-11-12(7-10)14-9(3)15(4)13(11)16/h5-8H,1-4H3. The molecule has 0 unspecified atom stereocenters. The highest BCUT2D eigenvalue weighted by atomic mass is 16.1. The van der Waals surface area contributed by atoms with Crippen molar-refractivity contribution in [3.05, 3.63) is 39.9 Å². The molecule has 0 N–H and O–H groups in total. The maximum absolute atomic E-state index is 12.0. The first kappa shape index (κ1) is 10.9. The summed E-state index contributed by atoms with van der Waals surface area (Å²) in [4.78, 5) is 16.4. The maximum atomic E-state index is 12.0. The van der Waals surface area contributed by atoms with E-state index in [0.717, 1.165) is 11.3 Å². The predicted octanol–water partition coefficient (Wildman–Crippen LogP) is 2.37. The van der Waals surface area contributed by atoms with Gasteiger partial charge < -0.3 is 0 Å². The molecule has 3 heteroatoms. The van der Waals surface area contributed by atoms with Gasteiger partial charge >= 0.3 is 0 Å². The first-order valence-corrected chi connectivity index (χ1v) is 5.48. The minimum absolute atomic E-state index is 0.0257. The number of aryl methyl sites for hydroxylation is 1. The average Bonchev–Trinajstić information content (AvgIpc) is 2.25. The van der Waals surface area contributed by atoms with Crippen molar-refractivity contribution in [1.82, 2.24) is 9.55 Å². The van der Waals surface area contributed by atoms with Gasteiger partial charge in [0.1, 0.15) is 5.82 Å². The molecule has 1 aromatic carbocycles. The van der Waals surface area contributed by atoms with E-state index in [4.69, 9.17) is 0 Å². The Labute approximate surface area is 94.7 Å². The van der Waals surface area contributed by atoms with Crippen molar-refractivity contribution in [3.8, 4) is 0 Å². The largest absolute Gasteiger partial charge is 0.299 e. The van der Waals surface area contributed by atoms with E-state index in [-0.39, 0.29) is 5.56 Å². The van der Waals surface area contributed by atoms with Crippen molar-refractivity contribution < 1.29 is 0 Å². The van der Waals surface area contributed by atoms with Gasteiger partial charge in [0.2, 0.25) is 0 Å². The molecule has 3 nitrogen and oxygen atoms in total. The number of hydrogen-bond donors (Lipinski definition) is 0. The molecule has 2 rings (SSSR count). The molecule has 0 radical (unpaired) electrons. The van der Waals surface area contributed by atoms with Crippen LogP contribution < -0.4 is 5.56 Å². The number of aromatic nitrogens is 2. The Hall–Kier alpha value is -1.64. The lowest BCUT2D eigenvalue weighted by Gasteiger charge is -2.08. The second kappa shape index (κ2) is 3.74. The number of nitrogens with zero attached hydrogens (tertiary/aromatic N) is 2. The molecule has 16 heavy (non-hydrogen) atoms. The average molecular weight is 216 g/mol. The third-order valence-electron chi connectivity index (χ3n) is 2.99. The Kier molecular flexibility index (Phi) is 2.54. The normalized spacial score (nSPS) is 11.3. The number of fused-ring (bicyclic) bond motifs is 1. The Morgan fingerprint density at radius 3 is 2.62 bits per heavy atom. The molecule has 0 saturated heterocycles. The lowest BCUT2D eigenvalue weighted by atomic mass is 10.0. The van der Waals surface area contributed by atoms with Crippen LogP contribution in [-0.2, 0) is 7.05 Å². The fourth-order valence-electron chi connectivity index (χ4n) is 1.76. The molecule has 1 aromatic heterocycles. The first-order valence-electron chi connectivity index (χ1n) is 5.48. The molecule has 0 atom stereocenters. The Morgan fingerprint density at radius 2 is 2.00 bits per heavy atom. The smallest absolute Gasteiger partial charge is 0.261 e. The second-order valence-corrected chi connectivity index (χ2v) is 4.45. The van der Waals surface area contributed by atoms with E-state index in [9.17, 15) is 4.79 Å². The van der Waals surface area contributed by atoms with Crippen LogP contribution >= 0.6 is 0 Å². The van der Waals surface area contributed by atoms with E-state index in [1.165, 1.54) is 5.56 Å². The molecular weight excluding hydrogens is 200 g/mol. The van der Waals surface area contributed by atoms with Crippen molar-refractivity contribution >= 4 is 10.9 Å². The van der Waals surface area contributed by atoms with Crippen LogP contribution in [0.2, 0.25) is 0 Å². The van der Waals surface area contributed by atoms with Gasteiger partial charge in [-0.05, 0) is 30.5 Å². The summed E-state index contributed by atoms with van der Waals surface area (Å²) in [6.45, 7) is 6.12. The minimum atomic E-state index is 0.0257. The maximum Gasteiger partial charge on any atom is 0.261 e. The summed E-state index contributed by atoms with van der Waals surface area (Å²) in [5.41, 5.74) is 2.04. The zero-order valence-electron chi connectivity index (χ0n) is 10.1. The van der Waals surface area contributed by atoms with Crippen LogP contribution in [0, 0.1) is 6.92 Å². The lowest BCUT2D eigenvalue weighted by molar-refractivity contribution is 0.791. The molecule has 1 heterocycles. The van der Waals surface area contributed by atoms with Crippen LogP contribution in [0.15, 0.2) is 23.0 Å². The Balaban J connectivity index is 2.81. The van der Waals surface area contributed by atoms with Gasteiger partial charge in [-0.3, -0.25) is 9.36 Å². The number of hydrogen-bond acceptors (Lipinski definition) is 2. The van der Waals surface area contributed by atoms with Crippen LogP contribution in [-0.4, -0.2) is 9.55 Å². The van der Waals surface area contributed by atoms with Crippen molar-refractivity contribution in [3.63, 3.8) is 0 Å². The summed E-state index contributed by atoms with van der Waals surface area (Å²) in [5, 5.41) is 0.692.